The van der Waals surface area contributed by atoms with E-state index in [-0.39, 0.29) is 10.6 Å². The van der Waals surface area contributed by atoms with Crippen molar-refractivity contribution in [3.8, 4) is 6.07 Å². The van der Waals surface area contributed by atoms with Crippen LogP contribution in [-0.2, 0) is 0 Å². The van der Waals surface area contributed by atoms with E-state index < -0.39 is 0 Å². The summed E-state index contributed by atoms with van der Waals surface area (Å²) in [6.07, 6.45) is 3.51. The molecule has 1 N–H and O–H groups in total. The fourth-order valence-electron chi connectivity index (χ4n) is 1.44. The third-order valence-electron chi connectivity index (χ3n) is 2.29. The number of carbonyl (C=O) groups excluding carboxylic acids is 1. The Morgan fingerprint density at radius 2 is 2.22 bits per heavy atom. The van der Waals surface area contributed by atoms with Crippen LogP contribution in [0.5, 0.6) is 0 Å². The normalized spacial score (nSPS) is 18.1. The molecule has 0 aromatic heterocycles. The number of para-hydroxylation sites is 1. The minimum atomic E-state index is -0.240. The van der Waals surface area contributed by atoms with Gasteiger partial charge in [-0.15, -0.1) is 11.8 Å². The summed E-state index contributed by atoms with van der Waals surface area (Å²) >= 11 is 2.88. The molecule has 0 spiro atoms. The number of nitrogens with zero attached hydrogens (tertiary/aromatic N) is 2. The minimum Gasteiger partial charge on any atom is -0.307 e. The molecule has 1 aromatic rings. The van der Waals surface area contributed by atoms with Crippen LogP contribution < -0.4 is 5.32 Å². The van der Waals surface area contributed by atoms with Gasteiger partial charge in [-0.25, -0.2) is 9.10 Å². The second-order valence-electron chi connectivity index (χ2n) is 3.49. The van der Waals surface area contributed by atoms with Gasteiger partial charge in [0.05, 0.1) is 11.6 Å². The summed E-state index contributed by atoms with van der Waals surface area (Å²) in [6.45, 7) is 0. The van der Waals surface area contributed by atoms with Crippen LogP contribution >= 0.6 is 23.7 Å². The molecule has 0 fully saturated rings. The lowest BCUT2D eigenvalue weighted by atomic mass is 10.3. The fourth-order valence-corrected chi connectivity index (χ4v) is 3.17. The molecule has 1 aromatic carbocycles. The van der Waals surface area contributed by atoms with Crippen LogP contribution in [-0.4, -0.2) is 21.2 Å². The summed E-state index contributed by atoms with van der Waals surface area (Å²) in [7, 11) is 0. The molecule has 1 atom stereocenters. The van der Waals surface area contributed by atoms with E-state index in [0.717, 1.165) is 5.69 Å². The Morgan fingerprint density at radius 3 is 2.78 bits per heavy atom. The molecule has 2 amide bonds. The number of nitrogens with one attached hydrogen (secondary N) is 1. The van der Waals surface area contributed by atoms with Gasteiger partial charge in [-0.1, -0.05) is 18.2 Å². The molecule has 0 aliphatic carbocycles. The van der Waals surface area contributed by atoms with E-state index in [2.05, 4.69) is 11.4 Å². The summed E-state index contributed by atoms with van der Waals surface area (Å²) < 4.78 is 1.46. The van der Waals surface area contributed by atoms with Crippen LogP contribution in [0.2, 0.25) is 0 Å². The molecule has 4 nitrogen and oxygen atoms in total. The standard InChI is InChI=1S/C12H11N3OS2/c1-17-11-9(7-13)8-15(18-11)12(16)14-10-5-3-2-4-6-10/h2-6,8,11H,1H3,(H,14,16). The molecule has 1 aliphatic heterocycles. The van der Waals surface area contributed by atoms with E-state index in [9.17, 15) is 4.79 Å². The number of hydrogen-bond acceptors (Lipinski definition) is 4. The third kappa shape index (κ3) is 2.81. The van der Waals surface area contributed by atoms with Gasteiger partial charge in [0.2, 0.25) is 0 Å². The Labute approximate surface area is 114 Å². The average Bonchev–Trinajstić information content (AvgIpc) is 2.83. The average molecular weight is 277 g/mol. The molecule has 2 rings (SSSR count). The molecule has 1 aliphatic rings. The van der Waals surface area contributed by atoms with Crippen molar-refractivity contribution in [3.05, 3.63) is 42.1 Å². The number of carbonyl (C=O) groups is 1. The number of anilines is 1. The fraction of sp³-hybridized carbons (Fsp3) is 0.167. The topological polar surface area (TPSA) is 56.1 Å². The van der Waals surface area contributed by atoms with E-state index in [1.165, 1.54) is 16.3 Å². The van der Waals surface area contributed by atoms with Crippen molar-refractivity contribution in [1.29, 1.82) is 5.26 Å². The molecule has 0 bridgehead atoms. The van der Waals surface area contributed by atoms with Crippen molar-refractivity contribution in [2.45, 2.75) is 4.58 Å². The molecule has 1 unspecified atom stereocenters. The Morgan fingerprint density at radius 1 is 1.50 bits per heavy atom. The zero-order valence-electron chi connectivity index (χ0n) is 9.66. The van der Waals surface area contributed by atoms with E-state index in [1.54, 1.807) is 18.0 Å². The molecule has 92 valence electrons. The Kier molecular flexibility index (Phi) is 4.18. The van der Waals surface area contributed by atoms with Crippen LogP contribution in [0.3, 0.4) is 0 Å². The summed E-state index contributed by atoms with van der Waals surface area (Å²) in [6, 6.07) is 11.1. The number of thioether (sulfide) groups is 1. The van der Waals surface area contributed by atoms with Crippen molar-refractivity contribution in [2.24, 2.45) is 0 Å². The van der Waals surface area contributed by atoms with Crippen molar-refractivity contribution >= 4 is 35.4 Å². The maximum absolute atomic E-state index is 12.0. The van der Waals surface area contributed by atoms with Crippen molar-refractivity contribution in [1.82, 2.24) is 4.31 Å². The van der Waals surface area contributed by atoms with Gasteiger partial charge in [0.25, 0.3) is 0 Å². The number of benzene rings is 1. The zero-order chi connectivity index (χ0) is 13.0. The molecule has 18 heavy (non-hydrogen) atoms. The molecule has 0 radical (unpaired) electrons. The van der Waals surface area contributed by atoms with E-state index in [4.69, 9.17) is 5.26 Å². The first-order chi connectivity index (χ1) is 8.74. The lowest BCUT2D eigenvalue weighted by molar-refractivity contribution is 0.245. The number of amides is 2. The summed E-state index contributed by atoms with van der Waals surface area (Å²) in [5, 5.41) is 11.7. The molecule has 0 saturated carbocycles. The third-order valence-corrected chi connectivity index (χ3v) is 4.75. The van der Waals surface area contributed by atoms with Crippen LogP contribution in [0.4, 0.5) is 10.5 Å². The van der Waals surface area contributed by atoms with Gasteiger partial charge < -0.3 is 5.32 Å². The number of nitriles is 1. The number of rotatable bonds is 2. The second kappa shape index (κ2) is 5.85. The van der Waals surface area contributed by atoms with Crippen LogP contribution in [0.1, 0.15) is 0 Å². The quantitative estimate of drug-likeness (QED) is 0.843. The predicted molar refractivity (Wildman–Crippen MR) is 75.9 cm³/mol. The summed E-state index contributed by atoms with van der Waals surface area (Å²) in [4.78, 5) is 12.0. The van der Waals surface area contributed by atoms with E-state index >= 15 is 0 Å². The van der Waals surface area contributed by atoms with Gasteiger partial charge in [0, 0.05) is 11.9 Å². The minimum absolute atomic E-state index is 0.00322. The molecule has 6 heteroatoms. The predicted octanol–water partition coefficient (Wildman–Crippen LogP) is 3.28. The Bertz CT molecular complexity index is 510. The Balaban J connectivity index is 2.04. The van der Waals surface area contributed by atoms with Crippen LogP contribution in [0.15, 0.2) is 42.1 Å². The molecule has 1 heterocycles. The summed E-state index contributed by atoms with van der Waals surface area (Å²) in [5.41, 5.74) is 1.35. The van der Waals surface area contributed by atoms with Crippen molar-refractivity contribution < 1.29 is 4.79 Å². The molecule has 0 saturated heterocycles. The van der Waals surface area contributed by atoms with Gasteiger partial charge >= 0.3 is 6.03 Å². The SMILES string of the molecule is CSC1SN(C(=O)Nc2ccccc2)C=C1C#N. The highest BCUT2D eigenvalue weighted by Gasteiger charge is 2.28. The first-order valence-electron chi connectivity index (χ1n) is 5.21. The second-order valence-corrected chi connectivity index (χ2v) is 5.81. The highest BCUT2D eigenvalue weighted by atomic mass is 32.2. The highest BCUT2D eigenvalue weighted by Crippen LogP contribution is 2.37. The van der Waals surface area contributed by atoms with Crippen molar-refractivity contribution in [2.75, 3.05) is 11.6 Å². The summed E-state index contributed by atoms with van der Waals surface area (Å²) in [5.74, 6) is 0. The van der Waals surface area contributed by atoms with E-state index in [0.29, 0.717) is 5.57 Å². The zero-order valence-corrected chi connectivity index (χ0v) is 11.3. The van der Waals surface area contributed by atoms with Crippen molar-refractivity contribution in [3.63, 3.8) is 0 Å². The van der Waals surface area contributed by atoms with Gasteiger partial charge in [-0.3, -0.25) is 0 Å². The van der Waals surface area contributed by atoms with E-state index in [1.807, 2.05) is 36.6 Å². The first-order valence-corrected chi connectivity index (χ1v) is 7.33. The largest absolute Gasteiger partial charge is 0.336 e. The monoisotopic (exact) mass is 277 g/mol. The Hall–Kier alpha value is -1.58. The highest BCUT2D eigenvalue weighted by molar-refractivity contribution is 8.16. The van der Waals surface area contributed by atoms with Crippen LogP contribution in [0.25, 0.3) is 0 Å². The van der Waals surface area contributed by atoms with Gasteiger partial charge in [0.1, 0.15) is 4.58 Å². The maximum atomic E-state index is 12.0. The van der Waals surface area contributed by atoms with Gasteiger partial charge in [-0.05, 0) is 30.3 Å². The van der Waals surface area contributed by atoms with Crippen LogP contribution in [0, 0.1) is 11.3 Å². The lowest BCUT2D eigenvalue weighted by Gasteiger charge is -2.14. The molecular weight excluding hydrogens is 266 g/mol. The first kappa shape index (κ1) is 12.9. The smallest absolute Gasteiger partial charge is 0.307 e. The molecular formula is C12H11N3OS2. The lowest BCUT2D eigenvalue weighted by Crippen LogP contribution is -2.23. The van der Waals surface area contributed by atoms with Gasteiger partial charge in [0.15, 0.2) is 0 Å². The maximum Gasteiger partial charge on any atom is 0.336 e. The van der Waals surface area contributed by atoms with Gasteiger partial charge in [-0.2, -0.15) is 5.26 Å². The number of hydrogen-bond donors (Lipinski definition) is 1. The number of urea groups is 1.